The molecule has 2 aromatic rings. The third-order valence-corrected chi connectivity index (χ3v) is 3.71. The van der Waals surface area contributed by atoms with E-state index in [0.29, 0.717) is 17.0 Å². The van der Waals surface area contributed by atoms with Crippen LogP contribution in [0.25, 0.3) is 0 Å². The van der Waals surface area contributed by atoms with Crippen molar-refractivity contribution in [2.24, 2.45) is 5.73 Å². The topological polar surface area (TPSA) is 26.0 Å². The van der Waals surface area contributed by atoms with Crippen molar-refractivity contribution < 1.29 is 8.78 Å². The molecule has 2 rings (SSSR count). The van der Waals surface area contributed by atoms with E-state index in [1.165, 1.54) is 24.3 Å². The van der Waals surface area contributed by atoms with Crippen molar-refractivity contribution >= 4 is 23.2 Å². The van der Waals surface area contributed by atoms with Crippen molar-refractivity contribution in [2.75, 3.05) is 0 Å². The zero-order chi connectivity index (χ0) is 14.9. The van der Waals surface area contributed by atoms with E-state index in [4.69, 9.17) is 28.9 Å². The molecule has 0 amide bonds. The lowest BCUT2D eigenvalue weighted by Gasteiger charge is -2.27. The number of halogens is 4. The minimum Gasteiger partial charge on any atom is -0.321 e. The van der Waals surface area contributed by atoms with Gasteiger partial charge < -0.3 is 5.73 Å². The maximum atomic E-state index is 13.6. The fraction of sp³-hybridized carbons (Fsp3) is 0.200. The summed E-state index contributed by atoms with van der Waals surface area (Å²) in [5, 5.41) is 0.264. The van der Waals surface area contributed by atoms with Crippen molar-refractivity contribution in [3.63, 3.8) is 0 Å². The molecule has 0 bridgehead atoms. The minimum atomic E-state index is -0.889. The summed E-state index contributed by atoms with van der Waals surface area (Å²) in [5.41, 5.74) is 6.65. The second-order valence-electron chi connectivity index (χ2n) is 4.97. The van der Waals surface area contributed by atoms with Crippen molar-refractivity contribution in [3.05, 3.63) is 69.2 Å². The lowest BCUT2D eigenvalue weighted by Crippen LogP contribution is -2.36. The van der Waals surface area contributed by atoms with Gasteiger partial charge in [0.2, 0.25) is 0 Å². The second-order valence-corrected chi connectivity index (χ2v) is 5.78. The van der Waals surface area contributed by atoms with Crippen LogP contribution in [-0.4, -0.2) is 0 Å². The largest absolute Gasteiger partial charge is 0.321 e. The molecular formula is C15H13Cl2F2N. The van der Waals surface area contributed by atoms with Crippen molar-refractivity contribution in [3.8, 4) is 0 Å². The highest BCUT2D eigenvalue weighted by atomic mass is 35.5. The predicted octanol–water partition coefficient (Wildman–Crippen LogP) is 4.69. The molecule has 106 valence electrons. The van der Waals surface area contributed by atoms with Gasteiger partial charge in [-0.2, -0.15) is 0 Å². The van der Waals surface area contributed by atoms with Gasteiger partial charge in [0, 0.05) is 10.6 Å². The van der Waals surface area contributed by atoms with Crippen LogP contribution < -0.4 is 5.73 Å². The molecule has 0 heterocycles. The van der Waals surface area contributed by atoms with Gasteiger partial charge in [-0.15, -0.1) is 0 Å². The number of hydrogen-bond acceptors (Lipinski definition) is 1. The summed E-state index contributed by atoms with van der Waals surface area (Å²) >= 11 is 11.8. The zero-order valence-corrected chi connectivity index (χ0v) is 12.3. The Bertz CT molecular complexity index is 625. The van der Waals surface area contributed by atoms with E-state index in [9.17, 15) is 8.78 Å². The molecule has 0 aliphatic rings. The zero-order valence-electron chi connectivity index (χ0n) is 10.8. The summed E-state index contributed by atoms with van der Waals surface area (Å²) in [5.74, 6) is -0.884. The monoisotopic (exact) mass is 315 g/mol. The molecule has 2 aromatic carbocycles. The van der Waals surface area contributed by atoms with E-state index >= 15 is 0 Å². The molecule has 0 aliphatic carbocycles. The standard InChI is InChI=1S/C15H13Cl2F2N/c1-15(20,8-9-2-4-10(18)5-3-9)11-6-14(19)13(17)7-12(11)16/h2-7H,8,20H2,1H3. The van der Waals surface area contributed by atoms with Crippen LogP contribution in [0.2, 0.25) is 10.0 Å². The molecule has 0 aromatic heterocycles. The quantitative estimate of drug-likeness (QED) is 0.817. The molecule has 20 heavy (non-hydrogen) atoms. The molecule has 0 saturated heterocycles. The van der Waals surface area contributed by atoms with Crippen molar-refractivity contribution in [1.82, 2.24) is 0 Å². The van der Waals surface area contributed by atoms with Gasteiger partial charge in [-0.3, -0.25) is 0 Å². The lowest BCUT2D eigenvalue weighted by atomic mass is 9.86. The predicted molar refractivity (Wildman–Crippen MR) is 78.1 cm³/mol. The van der Waals surface area contributed by atoms with E-state index in [-0.39, 0.29) is 10.8 Å². The number of benzene rings is 2. The summed E-state index contributed by atoms with van der Waals surface area (Å²) in [7, 11) is 0. The SMILES string of the molecule is CC(N)(Cc1ccc(F)cc1)c1cc(F)c(Cl)cc1Cl. The van der Waals surface area contributed by atoms with Crippen LogP contribution in [0.15, 0.2) is 36.4 Å². The molecule has 0 fully saturated rings. The average molecular weight is 316 g/mol. The Morgan fingerprint density at radius 2 is 1.65 bits per heavy atom. The molecule has 5 heteroatoms. The van der Waals surface area contributed by atoms with Crippen LogP contribution in [-0.2, 0) is 12.0 Å². The van der Waals surface area contributed by atoms with Crippen LogP contribution in [0.4, 0.5) is 8.78 Å². The Hall–Kier alpha value is -1.16. The first-order valence-electron chi connectivity index (χ1n) is 5.98. The fourth-order valence-corrected chi connectivity index (χ4v) is 2.68. The van der Waals surface area contributed by atoms with Crippen LogP contribution in [0.1, 0.15) is 18.1 Å². The second kappa shape index (κ2) is 5.68. The van der Waals surface area contributed by atoms with Crippen LogP contribution in [0.5, 0.6) is 0 Å². The first kappa shape index (κ1) is 15.2. The molecule has 1 nitrogen and oxygen atoms in total. The Kier molecular flexibility index (Phi) is 4.33. The van der Waals surface area contributed by atoms with Crippen LogP contribution in [0.3, 0.4) is 0 Å². The van der Waals surface area contributed by atoms with Crippen molar-refractivity contribution in [1.29, 1.82) is 0 Å². The molecule has 0 spiro atoms. The van der Waals surface area contributed by atoms with Gasteiger partial charge in [-0.25, -0.2) is 8.78 Å². The van der Waals surface area contributed by atoms with Gasteiger partial charge >= 0.3 is 0 Å². The minimum absolute atomic E-state index is 0.0451. The Labute approximate surface area is 126 Å². The van der Waals surface area contributed by atoms with Gasteiger partial charge in [0.15, 0.2) is 0 Å². The van der Waals surface area contributed by atoms with Gasteiger partial charge in [-0.1, -0.05) is 35.3 Å². The summed E-state index contributed by atoms with van der Waals surface area (Å²) in [6.07, 6.45) is 0.397. The maximum absolute atomic E-state index is 13.6. The maximum Gasteiger partial charge on any atom is 0.142 e. The van der Waals surface area contributed by atoms with E-state index in [0.717, 1.165) is 5.56 Å². The highest BCUT2D eigenvalue weighted by molar-refractivity contribution is 6.35. The third kappa shape index (κ3) is 3.29. The molecule has 0 saturated carbocycles. The molecule has 0 aliphatic heterocycles. The molecular weight excluding hydrogens is 303 g/mol. The van der Waals surface area contributed by atoms with E-state index in [1.807, 2.05) is 0 Å². The summed E-state index contributed by atoms with van der Waals surface area (Å²) < 4.78 is 26.5. The first-order chi connectivity index (χ1) is 9.29. The normalized spacial score (nSPS) is 14.1. The number of nitrogens with two attached hydrogens (primary N) is 1. The Balaban J connectivity index is 2.34. The average Bonchev–Trinajstić information content (AvgIpc) is 2.36. The van der Waals surface area contributed by atoms with Crippen LogP contribution >= 0.6 is 23.2 Å². The van der Waals surface area contributed by atoms with Gasteiger partial charge in [-0.05, 0) is 48.7 Å². The Morgan fingerprint density at radius 1 is 1.05 bits per heavy atom. The molecule has 0 radical (unpaired) electrons. The van der Waals surface area contributed by atoms with E-state index in [1.54, 1.807) is 19.1 Å². The molecule has 2 N–H and O–H groups in total. The van der Waals surface area contributed by atoms with Gasteiger partial charge in [0.05, 0.1) is 5.02 Å². The molecule has 1 unspecified atom stereocenters. The number of rotatable bonds is 3. The summed E-state index contributed by atoms with van der Waals surface area (Å²) in [6.45, 7) is 1.74. The fourth-order valence-electron chi connectivity index (χ4n) is 2.08. The van der Waals surface area contributed by atoms with E-state index < -0.39 is 11.4 Å². The Morgan fingerprint density at radius 3 is 2.25 bits per heavy atom. The van der Waals surface area contributed by atoms with Gasteiger partial charge in [0.1, 0.15) is 11.6 Å². The van der Waals surface area contributed by atoms with Crippen molar-refractivity contribution in [2.45, 2.75) is 18.9 Å². The lowest BCUT2D eigenvalue weighted by molar-refractivity contribution is 0.486. The summed E-state index contributed by atoms with van der Waals surface area (Å²) in [4.78, 5) is 0. The third-order valence-electron chi connectivity index (χ3n) is 3.11. The molecule has 1 atom stereocenters. The van der Waals surface area contributed by atoms with Gasteiger partial charge in [0.25, 0.3) is 0 Å². The number of hydrogen-bond donors (Lipinski definition) is 1. The van der Waals surface area contributed by atoms with E-state index in [2.05, 4.69) is 0 Å². The highest BCUT2D eigenvalue weighted by Gasteiger charge is 2.26. The smallest absolute Gasteiger partial charge is 0.142 e. The summed E-state index contributed by atoms with van der Waals surface area (Å²) in [6, 6.07) is 8.57. The van der Waals surface area contributed by atoms with Crippen LogP contribution in [0, 0.1) is 11.6 Å². The first-order valence-corrected chi connectivity index (χ1v) is 6.73. The highest BCUT2D eigenvalue weighted by Crippen LogP contribution is 2.32.